The molecule has 0 fully saturated rings. The molecular weight excluding hydrogens is 238 g/mol. The smallest absolute Gasteiger partial charge is 0.238 e. The number of aromatic nitrogens is 2. The van der Waals surface area contributed by atoms with Crippen LogP contribution in [0.2, 0.25) is 0 Å². The standard InChI is InChI=1S/C11H15N3O2S/c1-8-13-6-10(17-8)11-14-9(7-16-11)5-12-3-4-15-2/h6-7,12H,3-5H2,1-2H3. The molecule has 5 nitrogen and oxygen atoms in total. The molecule has 0 spiro atoms. The lowest BCUT2D eigenvalue weighted by Gasteiger charge is -1.99. The lowest BCUT2D eigenvalue weighted by atomic mass is 10.4. The molecule has 0 aromatic carbocycles. The predicted octanol–water partition coefficient (Wildman–Crippen LogP) is 1.84. The van der Waals surface area contributed by atoms with Crippen molar-refractivity contribution in [3.05, 3.63) is 23.2 Å². The minimum Gasteiger partial charge on any atom is -0.443 e. The molecule has 0 atom stereocenters. The number of oxazole rings is 1. The average Bonchev–Trinajstić information content (AvgIpc) is 2.93. The summed E-state index contributed by atoms with van der Waals surface area (Å²) in [6.45, 7) is 4.14. The van der Waals surface area contributed by atoms with E-state index in [4.69, 9.17) is 9.15 Å². The van der Waals surface area contributed by atoms with E-state index in [1.54, 1.807) is 30.9 Å². The fourth-order valence-corrected chi connectivity index (χ4v) is 2.06. The largest absolute Gasteiger partial charge is 0.443 e. The van der Waals surface area contributed by atoms with Crippen molar-refractivity contribution in [2.75, 3.05) is 20.3 Å². The van der Waals surface area contributed by atoms with Crippen LogP contribution in [0.4, 0.5) is 0 Å². The minimum atomic E-state index is 0.638. The molecule has 1 N–H and O–H groups in total. The third-order valence-corrected chi connectivity index (χ3v) is 3.07. The van der Waals surface area contributed by atoms with E-state index in [2.05, 4.69) is 15.3 Å². The second-order valence-electron chi connectivity index (χ2n) is 3.56. The van der Waals surface area contributed by atoms with E-state index in [0.29, 0.717) is 19.0 Å². The Morgan fingerprint density at radius 1 is 1.53 bits per heavy atom. The molecule has 6 heteroatoms. The van der Waals surface area contributed by atoms with Gasteiger partial charge >= 0.3 is 0 Å². The number of hydrogen-bond donors (Lipinski definition) is 1. The first kappa shape index (κ1) is 12.2. The Balaban J connectivity index is 1.92. The summed E-state index contributed by atoms with van der Waals surface area (Å²) >= 11 is 1.58. The summed E-state index contributed by atoms with van der Waals surface area (Å²) < 4.78 is 10.4. The predicted molar refractivity (Wildman–Crippen MR) is 65.9 cm³/mol. The fourth-order valence-electron chi connectivity index (χ4n) is 1.35. The molecule has 2 aromatic rings. The lowest BCUT2D eigenvalue weighted by Crippen LogP contribution is -2.18. The van der Waals surface area contributed by atoms with Crippen LogP contribution in [-0.2, 0) is 11.3 Å². The van der Waals surface area contributed by atoms with E-state index in [0.717, 1.165) is 22.1 Å². The van der Waals surface area contributed by atoms with Crippen LogP contribution in [0.15, 0.2) is 16.9 Å². The third kappa shape index (κ3) is 3.36. The molecule has 2 heterocycles. The van der Waals surface area contributed by atoms with Gasteiger partial charge in [-0.1, -0.05) is 0 Å². The highest BCUT2D eigenvalue weighted by atomic mass is 32.1. The van der Waals surface area contributed by atoms with Gasteiger partial charge in [0.2, 0.25) is 5.89 Å². The maximum Gasteiger partial charge on any atom is 0.238 e. The molecule has 0 aliphatic heterocycles. The van der Waals surface area contributed by atoms with Crippen LogP contribution in [0.25, 0.3) is 10.8 Å². The molecule has 0 amide bonds. The first-order valence-corrected chi connectivity index (χ1v) is 6.18. The Morgan fingerprint density at radius 2 is 2.41 bits per heavy atom. The molecule has 0 bridgehead atoms. The van der Waals surface area contributed by atoms with Gasteiger partial charge in [0.05, 0.1) is 23.5 Å². The van der Waals surface area contributed by atoms with E-state index >= 15 is 0 Å². The summed E-state index contributed by atoms with van der Waals surface area (Å²) in [5, 5.41) is 4.22. The van der Waals surface area contributed by atoms with Crippen molar-refractivity contribution in [3.8, 4) is 10.8 Å². The van der Waals surface area contributed by atoms with Gasteiger partial charge in [0.15, 0.2) is 0 Å². The average molecular weight is 253 g/mol. The molecule has 92 valence electrons. The topological polar surface area (TPSA) is 60.2 Å². The summed E-state index contributed by atoms with van der Waals surface area (Å²) in [6.07, 6.45) is 3.46. The normalized spacial score (nSPS) is 10.9. The van der Waals surface area contributed by atoms with Gasteiger partial charge in [0.25, 0.3) is 0 Å². The van der Waals surface area contributed by atoms with Crippen molar-refractivity contribution < 1.29 is 9.15 Å². The Morgan fingerprint density at radius 3 is 3.12 bits per heavy atom. The molecular formula is C11H15N3O2S. The highest BCUT2D eigenvalue weighted by Crippen LogP contribution is 2.24. The van der Waals surface area contributed by atoms with Crippen molar-refractivity contribution in [2.24, 2.45) is 0 Å². The van der Waals surface area contributed by atoms with Crippen molar-refractivity contribution in [3.63, 3.8) is 0 Å². The molecule has 2 aromatic heterocycles. The van der Waals surface area contributed by atoms with Gasteiger partial charge in [-0.2, -0.15) is 0 Å². The Labute approximate surface area is 104 Å². The van der Waals surface area contributed by atoms with Crippen LogP contribution in [0.1, 0.15) is 10.7 Å². The van der Waals surface area contributed by atoms with Crippen LogP contribution in [0.3, 0.4) is 0 Å². The Bertz CT molecular complexity index is 467. The zero-order valence-electron chi connectivity index (χ0n) is 9.90. The monoisotopic (exact) mass is 253 g/mol. The molecule has 0 saturated carbocycles. The van der Waals surface area contributed by atoms with E-state index < -0.39 is 0 Å². The summed E-state index contributed by atoms with van der Waals surface area (Å²) in [7, 11) is 1.68. The number of hydrogen-bond acceptors (Lipinski definition) is 6. The number of ether oxygens (including phenoxy) is 1. The summed E-state index contributed by atoms with van der Waals surface area (Å²) in [5.74, 6) is 0.638. The van der Waals surface area contributed by atoms with Gasteiger partial charge in [-0.05, 0) is 6.92 Å². The molecule has 0 aliphatic carbocycles. The maximum absolute atomic E-state index is 5.41. The molecule has 2 rings (SSSR count). The van der Waals surface area contributed by atoms with Crippen LogP contribution in [0.5, 0.6) is 0 Å². The number of thiazole rings is 1. The second-order valence-corrected chi connectivity index (χ2v) is 4.79. The van der Waals surface area contributed by atoms with Gasteiger partial charge in [0, 0.05) is 20.2 Å². The molecule has 0 aliphatic rings. The van der Waals surface area contributed by atoms with Crippen molar-refractivity contribution in [1.29, 1.82) is 0 Å². The SMILES string of the molecule is COCCNCc1coc(-c2cnc(C)s2)n1. The number of aryl methyl sites for hydroxylation is 1. The van der Waals surface area contributed by atoms with Crippen LogP contribution in [0, 0.1) is 6.92 Å². The van der Waals surface area contributed by atoms with Crippen molar-refractivity contribution in [2.45, 2.75) is 13.5 Å². The first-order chi connectivity index (χ1) is 8.29. The highest BCUT2D eigenvalue weighted by Gasteiger charge is 2.08. The lowest BCUT2D eigenvalue weighted by molar-refractivity contribution is 0.199. The van der Waals surface area contributed by atoms with E-state index in [9.17, 15) is 0 Å². The summed E-state index contributed by atoms with van der Waals surface area (Å²) in [5.41, 5.74) is 0.891. The molecule has 0 saturated heterocycles. The molecule has 17 heavy (non-hydrogen) atoms. The van der Waals surface area contributed by atoms with Crippen LogP contribution >= 0.6 is 11.3 Å². The Kier molecular flexibility index (Phi) is 4.24. The molecule has 0 unspecified atom stereocenters. The third-order valence-electron chi connectivity index (χ3n) is 2.17. The number of methoxy groups -OCH3 is 1. The van der Waals surface area contributed by atoms with E-state index in [-0.39, 0.29) is 0 Å². The molecule has 0 radical (unpaired) electrons. The van der Waals surface area contributed by atoms with Gasteiger partial charge in [-0.3, -0.25) is 0 Å². The number of nitrogens with one attached hydrogen (secondary N) is 1. The maximum atomic E-state index is 5.41. The number of nitrogens with zero attached hydrogens (tertiary/aromatic N) is 2. The summed E-state index contributed by atoms with van der Waals surface area (Å²) in [4.78, 5) is 9.53. The van der Waals surface area contributed by atoms with E-state index in [1.807, 2.05) is 6.92 Å². The first-order valence-electron chi connectivity index (χ1n) is 5.36. The van der Waals surface area contributed by atoms with Crippen LogP contribution in [-0.4, -0.2) is 30.2 Å². The van der Waals surface area contributed by atoms with Crippen molar-refractivity contribution in [1.82, 2.24) is 15.3 Å². The number of rotatable bonds is 6. The highest BCUT2D eigenvalue weighted by molar-refractivity contribution is 7.14. The zero-order valence-corrected chi connectivity index (χ0v) is 10.7. The van der Waals surface area contributed by atoms with Gasteiger partial charge in [0.1, 0.15) is 11.1 Å². The van der Waals surface area contributed by atoms with Gasteiger partial charge in [-0.25, -0.2) is 9.97 Å². The fraction of sp³-hybridized carbons (Fsp3) is 0.455. The van der Waals surface area contributed by atoms with Crippen LogP contribution < -0.4 is 5.32 Å². The second kappa shape index (κ2) is 5.90. The van der Waals surface area contributed by atoms with Gasteiger partial charge < -0.3 is 14.5 Å². The minimum absolute atomic E-state index is 0.638. The quantitative estimate of drug-likeness (QED) is 0.796. The van der Waals surface area contributed by atoms with Crippen molar-refractivity contribution >= 4 is 11.3 Å². The van der Waals surface area contributed by atoms with E-state index in [1.165, 1.54) is 0 Å². The summed E-state index contributed by atoms with van der Waals surface area (Å²) in [6, 6.07) is 0. The van der Waals surface area contributed by atoms with Gasteiger partial charge in [-0.15, -0.1) is 11.3 Å². The zero-order chi connectivity index (χ0) is 12.1. The Hall–Kier alpha value is -1.24.